The highest BCUT2D eigenvalue weighted by atomic mass is 16.4. The maximum Gasteiger partial charge on any atom is 0.336 e. The van der Waals surface area contributed by atoms with Gasteiger partial charge in [0.1, 0.15) is 5.58 Å². The summed E-state index contributed by atoms with van der Waals surface area (Å²) in [7, 11) is 3.94. The molecule has 0 bridgehead atoms. The van der Waals surface area contributed by atoms with Crippen molar-refractivity contribution in [3.05, 3.63) is 82.5 Å². The summed E-state index contributed by atoms with van der Waals surface area (Å²) in [5, 5.41) is 5.14. The lowest BCUT2D eigenvalue weighted by molar-refractivity contribution is 0.561. The molecule has 0 aliphatic rings. The molecule has 0 atom stereocenters. The fourth-order valence-corrected chi connectivity index (χ4v) is 3.38. The first kappa shape index (κ1) is 17.1. The summed E-state index contributed by atoms with van der Waals surface area (Å²) in [4.78, 5) is 14.3. The smallest absolute Gasteiger partial charge is 0.336 e. The number of fused-ring (bicyclic) bond motifs is 1. The molecule has 5 nitrogen and oxygen atoms in total. The Bertz CT molecular complexity index is 1170. The van der Waals surface area contributed by atoms with E-state index in [1.807, 2.05) is 68.2 Å². The van der Waals surface area contributed by atoms with Gasteiger partial charge in [-0.2, -0.15) is 5.10 Å². The van der Waals surface area contributed by atoms with Gasteiger partial charge in [0, 0.05) is 49.1 Å². The maximum absolute atomic E-state index is 12.2. The van der Waals surface area contributed by atoms with E-state index in [2.05, 4.69) is 16.1 Å². The van der Waals surface area contributed by atoms with Crippen molar-refractivity contribution in [1.29, 1.82) is 0 Å². The van der Waals surface area contributed by atoms with Gasteiger partial charge in [-0.1, -0.05) is 24.3 Å². The van der Waals surface area contributed by atoms with Crippen molar-refractivity contribution in [2.45, 2.75) is 13.5 Å². The maximum atomic E-state index is 12.2. The molecule has 0 aliphatic heterocycles. The van der Waals surface area contributed by atoms with Crippen LogP contribution in [-0.2, 0) is 13.6 Å². The lowest BCUT2D eigenvalue weighted by Gasteiger charge is -2.20. The van der Waals surface area contributed by atoms with Crippen molar-refractivity contribution < 1.29 is 4.42 Å². The zero-order valence-corrected chi connectivity index (χ0v) is 15.6. The van der Waals surface area contributed by atoms with Crippen LogP contribution >= 0.6 is 0 Å². The molecule has 0 fully saturated rings. The Morgan fingerprint density at radius 1 is 1.07 bits per heavy atom. The van der Waals surface area contributed by atoms with Crippen LogP contribution in [0.4, 0.5) is 5.69 Å². The second kappa shape index (κ2) is 6.76. The van der Waals surface area contributed by atoms with Gasteiger partial charge < -0.3 is 9.32 Å². The molecule has 0 amide bonds. The second-order valence-corrected chi connectivity index (χ2v) is 6.78. The quantitative estimate of drug-likeness (QED) is 0.514. The molecule has 136 valence electrons. The Labute approximate surface area is 157 Å². The van der Waals surface area contributed by atoms with Crippen molar-refractivity contribution in [3.63, 3.8) is 0 Å². The highest BCUT2D eigenvalue weighted by molar-refractivity contribution is 5.95. The molecule has 27 heavy (non-hydrogen) atoms. The summed E-state index contributed by atoms with van der Waals surface area (Å²) in [5.74, 6) is 0. The molecule has 4 aromatic rings. The molecule has 0 unspecified atom stereocenters. The van der Waals surface area contributed by atoms with E-state index in [1.165, 1.54) is 0 Å². The van der Waals surface area contributed by atoms with Gasteiger partial charge in [0.05, 0.1) is 12.2 Å². The molecule has 0 radical (unpaired) electrons. The Morgan fingerprint density at radius 2 is 1.89 bits per heavy atom. The Morgan fingerprint density at radius 3 is 2.63 bits per heavy atom. The molecular weight excluding hydrogens is 338 g/mol. The highest BCUT2D eigenvalue weighted by Gasteiger charge is 2.12. The molecule has 5 heteroatoms. The predicted octanol–water partition coefficient (Wildman–Crippen LogP) is 4.14. The van der Waals surface area contributed by atoms with Crippen LogP contribution in [0, 0.1) is 6.92 Å². The summed E-state index contributed by atoms with van der Waals surface area (Å²) in [5.41, 5.74) is 5.41. The molecule has 0 aliphatic carbocycles. The Kier molecular flexibility index (Phi) is 4.28. The third-order valence-electron chi connectivity index (χ3n) is 4.93. The van der Waals surface area contributed by atoms with Gasteiger partial charge >= 0.3 is 5.63 Å². The van der Waals surface area contributed by atoms with E-state index in [4.69, 9.17) is 4.42 Å². The summed E-state index contributed by atoms with van der Waals surface area (Å²) < 4.78 is 7.37. The van der Waals surface area contributed by atoms with Crippen LogP contribution in [0.1, 0.15) is 11.3 Å². The Balaban J connectivity index is 1.78. The summed E-state index contributed by atoms with van der Waals surface area (Å²) in [6, 6.07) is 17.6. The molecule has 0 saturated heterocycles. The third-order valence-corrected chi connectivity index (χ3v) is 4.93. The minimum atomic E-state index is -0.341. The van der Waals surface area contributed by atoms with Crippen LogP contribution in [0.3, 0.4) is 0 Å². The first-order valence-corrected chi connectivity index (χ1v) is 8.85. The van der Waals surface area contributed by atoms with Crippen LogP contribution in [0.5, 0.6) is 0 Å². The number of rotatable bonds is 4. The Hall–Kier alpha value is -3.34. The molecule has 0 spiro atoms. The highest BCUT2D eigenvalue weighted by Crippen LogP contribution is 2.31. The number of hydrogen-bond donors (Lipinski definition) is 0. The van der Waals surface area contributed by atoms with Crippen molar-refractivity contribution in [2.24, 2.45) is 7.05 Å². The largest absolute Gasteiger partial charge is 0.423 e. The first-order chi connectivity index (χ1) is 13.0. The number of anilines is 1. The van der Waals surface area contributed by atoms with Gasteiger partial charge in [-0.05, 0) is 36.2 Å². The minimum absolute atomic E-state index is 0.341. The second-order valence-electron chi connectivity index (χ2n) is 6.78. The zero-order valence-electron chi connectivity index (χ0n) is 15.6. The van der Waals surface area contributed by atoms with Gasteiger partial charge in [-0.3, -0.25) is 4.68 Å². The van der Waals surface area contributed by atoms with Crippen molar-refractivity contribution in [2.75, 3.05) is 11.9 Å². The average Bonchev–Trinajstić information content (AvgIpc) is 3.05. The van der Waals surface area contributed by atoms with Crippen molar-refractivity contribution in [3.8, 4) is 11.1 Å². The lowest BCUT2D eigenvalue weighted by Crippen LogP contribution is -2.18. The molecule has 0 saturated carbocycles. The summed E-state index contributed by atoms with van der Waals surface area (Å²) in [6.45, 7) is 2.76. The number of aromatic nitrogens is 2. The van der Waals surface area contributed by atoms with E-state index in [0.717, 1.165) is 33.5 Å². The molecule has 0 N–H and O–H groups in total. The van der Waals surface area contributed by atoms with Crippen LogP contribution in [-0.4, -0.2) is 16.8 Å². The van der Waals surface area contributed by atoms with E-state index in [1.54, 1.807) is 12.3 Å². The molecule has 2 aromatic heterocycles. The van der Waals surface area contributed by atoms with Crippen LogP contribution in [0.15, 0.2) is 70.0 Å². The van der Waals surface area contributed by atoms with E-state index < -0.39 is 0 Å². The predicted molar refractivity (Wildman–Crippen MR) is 108 cm³/mol. The van der Waals surface area contributed by atoms with Crippen molar-refractivity contribution >= 4 is 16.7 Å². The lowest BCUT2D eigenvalue weighted by atomic mass is 9.98. The zero-order chi connectivity index (χ0) is 19.0. The van der Waals surface area contributed by atoms with E-state index >= 15 is 0 Å². The third kappa shape index (κ3) is 3.24. The SMILES string of the molecule is Cc1ccccc1-c1cc(=O)oc2cc(N(C)Cc3ccnn3C)ccc12. The molecule has 2 heterocycles. The number of benzene rings is 2. The standard InChI is InChI=1S/C22H21N3O2/c1-15-6-4-5-7-18(15)20-13-22(26)27-21-12-16(8-9-19(20)21)24(2)14-17-10-11-23-25(17)3/h4-13H,14H2,1-3H3. The topological polar surface area (TPSA) is 51.3 Å². The first-order valence-electron chi connectivity index (χ1n) is 8.85. The number of hydrogen-bond acceptors (Lipinski definition) is 4. The molecule has 2 aromatic carbocycles. The monoisotopic (exact) mass is 359 g/mol. The van der Waals surface area contributed by atoms with Gasteiger partial charge in [-0.15, -0.1) is 0 Å². The van der Waals surface area contributed by atoms with E-state index in [0.29, 0.717) is 12.1 Å². The van der Waals surface area contributed by atoms with E-state index in [9.17, 15) is 4.79 Å². The number of nitrogens with zero attached hydrogens (tertiary/aromatic N) is 3. The average molecular weight is 359 g/mol. The van der Waals surface area contributed by atoms with Crippen LogP contribution in [0.25, 0.3) is 22.1 Å². The van der Waals surface area contributed by atoms with Crippen LogP contribution in [0.2, 0.25) is 0 Å². The summed E-state index contributed by atoms with van der Waals surface area (Å²) in [6.07, 6.45) is 1.79. The van der Waals surface area contributed by atoms with Gasteiger partial charge in [0.25, 0.3) is 0 Å². The van der Waals surface area contributed by atoms with Crippen LogP contribution < -0.4 is 10.5 Å². The van der Waals surface area contributed by atoms with Gasteiger partial charge in [0.2, 0.25) is 0 Å². The van der Waals surface area contributed by atoms with Gasteiger partial charge in [-0.25, -0.2) is 4.79 Å². The van der Waals surface area contributed by atoms with E-state index in [-0.39, 0.29) is 5.63 Å². The van der Waals surface area contributed by atoms with Crippen molar-refractivity contribution in [1.82, 2.24) is 9.78 Å². The van der Waals surface area contributed by atoms with Gasteiger partial charge in [0.15, 0.2) is 0 Å². The minimum Gasteiger partial charge on any atom is -0.423 e. The summed E-state index contributed by atoms with van der Waals surface area (Å²) >= 11 is 0. The number of aryl methyl sites for hydroxylation is 2. The molecular formula is C22H21N3O2. The normalized spacial score (nSPS) is 11.1. The molecule has 4 rings (SSSR count). The fourth-order valence-electron chi connectivity index (χ4n) is 3.38. The fraction of sp³-hybridized carbons (Fsp3) is 0.182.